The lowest BCUT2D eigenvalue weighted by Gasteiger charge is -2.13. The Hall–Kier alpha value is -0.750. The number of rotatable bonds is 8. The molecule has 0 aliphatic rings. The van der Waals surface area contributed by atoms with Crippen LogP contribution in [0.25, 0.3) is 0 Å². The summed E-state index contributed by atoms with van der Waals surface area (Å²) in [4.78, 5) is 8.41. The number of thiophene rings is 1. The van der Waals surface area contributed by atoms with Crippen LogP contribution in [-0.2, 0) is 19.6 Å². The fourth-order valence-corrected chi connectivity index (χ4v) is 3.51. The normalized spacial score (nSPS) is 11.7. The van der Waals surface area contributed by atoms with Gasteiger partial charge in [-0.05, 0) is 31.0 Å². The molecule has 0 spiro atoms. The van der Waals surface area contributed by atoms with Crippen molar-refractivity contribution in [2.24, 2.45) is 5.92 Å². The molecule has 3 nitrogen and oxygen atoms in total. The number of hydrogen-bond donors (Lipinski definition) is 1. The predicted molar refractivity (Wildman–Crippen MR) is 88.1 cm³/mol. The summed E-state index contributed by atoms with van der Waals surface area (Å²) < 4.78 is 0. The monoisotopic (exact) mass is 309 g/mol. The number of nitrogens with zero attached hydrogens (tertiary/aromatic N) is 2. The average Bonchev–Trinajstić information content (AvgIpc) is 3.01. The van der Waals surface area contributed by atoms with Crippen LogP contribution in [0, 0.1) is 5.92 Å². The highest BCUT2D eigenvalue weighted by Crippen LogP contribution is 2.15. The van der Waals surface area contributed by atoms with Crippen molar-refractivity contribution in [3.63, 3.8) is 0 Å². The van der Waals surface area contributed by atoms with Crippen molar-refractivity contribution in [3.05, 3.63) is 38.5 Å². The standard InChI is InChI=1S/C15H23N3S2/c1-12(2)7-16-8-15-17-13(11-20-15)9-18(3)10-14-5-4-6-19-14/h4-6,11-12,16H,7-10H2,1-3H3. The summed E-state index contributed by atoms with van der Waals surface area (Å²) in [6.07, 6.45) is 0. The first-order valence-electron chi connectivity index (χ1n) is 6.98. The second kappa shape index (κ2) is 7.88. The zero-order chi connectivity index (χ0) is 14.4. The van der Waals surface area contributed by atoms with Gasteiger partial charge in [-0.2, -0.15) is 0 Å². The van der Waals surface area contributed by atoms with Gasteiger partial charge >= 0.3 is 0 Å². The third-order valence-corrected chi connectivity index (χ3v) is 4.62. The van der Waals surface area contributed by atoms with Crippen LogP contribution in [-0.4, -0.2) is 23.5 Å². The zero-order valence-corrected chi connectivity index (χ0v) is 14.1. The van der Waals surface area contributed by atoms with E-state index in [1.54, 1.807) is 11.3 Å². The highest BCUT2D eigenvalue weighted by molar-refractivity contribution is 7.10. The van der Waals surface area contributed by atoms with E-state index >= 15 is 0 Å². The summed E-state index contributed by atoms with van der Waals surface area (Å²) in [7, 11) is 2.15. The summed E-state index contributed by atoms with van der Waals surface area (Å²) in [6.45, 7) is 8.29. The van der Waals surface area contributed by atoms with Crippen molar-refractivity contribution in [3.8, 4) is 0 Å². The Morgan fingerprint density at radius 1 is 1.30 bits per heavy atom. The van der Waals surface area contributed by atoms with E-state index in [2.05, 4.69) is 54.0 Å². The van der Waals surface area contributed by atoms with E-state index in [0.29, 0.717) is 5.92 Å². The van der Waals surface area contributed by atoms with Gasteiger partial charge in [-0.3, -0.25) is 4.90 Å². The van der Waals surface area contributed by atoms with E-state index in [0.717, 1.165) is 26.2 Å². The first-order valence-corrected chi connectivity index (χ1v) is 8.74. The van der Waals surface area contributed by atoms with Crippen molar-refractivity contribution in [2.75, 3.05) is 13.6 Å². The molecule has 0 aliphatic carbocycles. The molecule has 0 atom stereocenters. The van der Waals surface area contributed by atoms with Crippen LogP contribution in [0.1, 0.15) is 29.4 Å². The smallest absolute Gasteiger partial charge is 0.107 e. The topological polar surface area (TPSA) is 28.2 Å². The maximum Gasteiger partial charge on any atom is 0.107 e. The van der Waals surface area contributed by atoms with Gasteiger partial charge in [-0.25, -0.2) is 4.98 Å². The van der Waals surface area contributed by atoms with E-state index in [9.17, 15) is 0 Å². The minimum absolute atomic E-state index is 0.686. The van der Waals surface area contributed by atoms with Crippen LogP contribution in [0.2, 0.25) is 0 Å². The fraction of sp³-hybridized carbons (Fsp3) is 0.533. The molecule has 0 saturated carbocycles. The Kier molecular flexibility index (Phi) is 6.16. The molecule has 5 heteroatoms. The lowest BCUT2D eigenvalue weighted by Crippen LogP contribution is -2.19. The summed E-state index contributed by atoms with van der Waals surface area (Å²) in [5.41, 5.74) is 1.18. The molecular weight excluding hydrogens is 286 g/mol. The lowest BCUT2D eigenvalue weighted by molar-refractivity contribution is 0.318. The van der Waals surface area contributed by atoms with Crippen molar-refractivity contribution < 1.29 is 0 Å². The fourth-order valence-electron chi connectivity index (χ4n) is 1.97. The third kappa shape index (κ3) is 5.32. The van der Waals surface area contributed by atoms with Crippen molar-refractivity contribution in [1.82, 2.24) is 15.2 Å². The molecule has 0 aromatic carbocycles. The first kappa shape index (κ1) is 15.6. The van der Waals surface area contributed by atoms with E-state index in [1.807, 2.05) is 11.3 Å². The van der Waals surface area contributed by atoms with Gasteiger partial charge in [0.2, 0.25) is 0 Å². The van der Waals surface area contributed by atoms with Gasteiger partial charge < -0.3 is 5.32 Å². The van der Waals surface area contributed by atoms with E-state index in [1.165, 1.54) is 15.6 Å². The molecule has 0 bridgehead atoms. The van der Waals surface area contributed by atoms with Crippen LogP contribution in [0.5, 0.6) is 0 Å². The largest absolute Gasteiger partial charge is 0.310 e. The molecular formula is C15H23N3S2. The number of nitrogens with one attached hydrogen (secondary N) is 1. The maximum atomic E-state index is 4.69. The molecule has 110 valence electrons. The Morgan fingerprint density at radius 3 is 2.85 bits per heavy atom. The van der Waals surface area contributed by atoms with Crippen molar-refractivity contribution >= 4 is 22.7 Å². The molecule has 0 radical (unpaired) electrons. The minimum atomic E-state index is 0.686. The minimum Gasteiger partial charge on any atom is -0.310 e. The van der Waals surface area contributed by atoms with Gasteiger partial charge in [0.1, 0.15) is 5.01 Å². The van der Waals surface area contributed by atoms with E-state index in [-0.39, 0.29) is 0 Å². The number of thiazole rings is 1. The molecule has 0 saturated heterocycles. The lowest BCUT2D eigenvalue weighted by atomic mass is 10.2. The first-order chi connectivity index (χ1) is 9.63. The molecule has 1 N–H and O–H groups in total. The van der Waals surface area contributed by atoms with Crippen LogP contribution in [0.15, 0.2) is 22.9 Å². The summed E-state index contributed by atoms with van der Waals surface area (Å²) in [6, 6.07) is 4.29. The molecule has 0 unspecified atom stereocenters. The van der Waals surface area contributed by atoms with Gasteiger partial charge in [0.05, 0.1) is 5.69 Å². The predicted octanol–water partition coefficient (Wildman–Crippen LogP) is 3.58. The Morgan fingerprint density at radius 2 is 2.15 bits per heavy atom. The molecule has 0 amide bonds. The zero-order valence-electron chi connectivity index (χ0n) is 12.4. The van der Waals surface area contributed by atoms with Crippen LogP contribution >= 0.6 is 22.7 Å². The molecule has 0 aliphatic heterocycles. The molecule has 20 heavy (non-hydrogen) atoms. The van der Waals surface area contributed by atoms with Crippen molar-refractivity contribution in [2.45, 2.75) is 33.5 Å². The summed E-state index contributed by atoms with van der Waals surface area (Å²) in [5, 5.41) is 8.93. The van der Waals surface area contributed by atoms with Crippen LogP contribution < -0.4 is 5.32 Å². The average molecular weight is 310 g/mol. The SMILES string of the molecule is CC(C)CNCc1nc(CN(C)Cc2cccs2)cs1. The molecule has 2 heterocycles. The number of aromatic nitrogens is 1. The Bertz CT molecular complexity index is 491. The summed E-state index contributed by atoms with van der Waals surface area (Å²) >= 11 is 3.56. The maximum absolute atomic E-state index is 4.69. The molecule has 2 aromatic rings. The highest BCUT2D eigenvalue weighted by Gasteiger charge is 2.06. The second-order valence-electron chi connectivity index (χ2n) is 5.51. The van der Waals surface area contributed by atoms with Crippen LogP contribution in [0.4, 0.5) is 0 Å². The Balaban J connectivity index is 1.77. The number of hydrogen-bond acceptors (Lipinski definition) is 5. The summed E-state index contributed by atoms with van der Waals surface area (Å²) in [5.74, 6) is 0.686. The second-order valence-corrected chi connectivity index (χ2v) is 7.48. The quantitative estimate of drug-likeness (QED) is 0.808. The van der Waals surface area contributed by atoms with Crippen LogP contribution in [0.3, 0.4) is 0 Å². The molecule has 2 aromatic heterocycles. The molecule has 2 rings (SSSR count). The highest BCUT2D eigenvalue weighted by atomic mass is 32.1. The van der Waals surface area contributed by atoms with Crippen molar-refractivity contribution in [1.29, 1.82) is 0 Å². The molecule has 0 fully saturated rings. The Labute approximate surface area is 129 Å². The van der Waals surface area contributed by atoms with Gasteiger partial charge in [-0.1, -0.05) is 19.9 Å². The van der Waals surface area contributed by atoms with E-state index in [4.69, 9.17) is 4.98 Å². The van der Waals surface area contributed by atoms with Gasteiger partial charge in [0.15, 0.2) is 0 Å². The van der Waals surface area contributed by atoms with Gasteiger partial charge in [-0.15, -0.1) is 22.7 Å². The van der Waals surface area contributed by atoms with Gasteiger partial charge in [0.25, 0.3) is 0 Å². The third-order valence-electron chi connectivity index (χ3n) is 2.87. The van der Waals surface area contributed by atoms with E-state index < -0.39 is 0 Å². The van der Waals surface area contributed by atoms with Gasteiger partial charge in [0, 0.05) is 29.9 Å².